The molecule has 0 saturated heterocycles. The third-order valence-corrected chi connectivity index (χ3v) is 1.79. The summed E-state index contributed by atoms with van der Waals surface area (Å²) in [6.07, 6.45) is 0. The lowest BCUT2D eigenvalue weighted by Crippen LogP contribution is -2.25. The SMILES string of the molecule is CC(C)COCCn1nc(N)ccc1=O. The number of nitrogen functional groups attached to an aromatic ring is 1. The Morgan fingerprint density at radius 3 is 2.93 bits per heavy atom. The van der Waals surface area contributed by atoms with Gasteiger partial charge in [-0.1, -0.05) is 13.8 Å². The maximum atomic E-state index is 11.3. The fourth-order valence-corrected chi connectivity index (χ4v) is 1.09. The standard InChI is InChI=1S/C10H17N3O2/c1-8(2)7-15-6-5-13-10(14)4-3-9(11)12-13/h3-4,8H,5-7H2,1-2H3,(H2,11,12). The van der Waals surface area contributed by atoms with Crippen LogP contribution in [0.1, 0.15) is 13.8 Å². The molecular weight excluding hydrogens is 194 g/mol. The molecule has 84 valence electrons. The number of aromatic nitrogens is 2. The second-order valence-electron chi connectivity index (χ2n) is 3.79. The monoisotopic (exact) mass is 211 g/mol. The van der Waals surface area contributed by atoms with Crippen LogP contribution in [0.3, 0.4) is 0 Å². The third kappa shape index (κ3) is 4.12. The summed E-state index contributed by atoms with van der Waals surface area (Å²) >= 11 is 0. The van der Waals surface area contributed by atoms with E-state index in [-0.39, 0.29) is 5.56 Å². The first-order chi connectivity index (χ1) is 7.09. The van der Waals surface area contributed by atoms with Crippen molar-refractivity contribution in [1.82, 2.24) is 9.78 Å². The summed E-state index contributed by atoms with van der Waals surface area (Å²) in [6, 6.07) is 2.90. The lowest BCUT2D eigenvalue weighted by atomic mass is 10.2. The Hall–Kier alpha value is -1.36. The van der Waals surface area contributed by atoms with Crippen molar-refractivity contribution in [2.45, 2.75) is 20.4 Å². The van der Waals surface area contributed by atoms with Crippen molar-refractivity contribution in [3.8, 4) is 0 Å². The second-order valence-corrected chi connectivity index (χ2v) is 3.79. The van der Waals surface area contributed by atoms with E-state index in [1.165, 1.54) is 16.8 Å². The van der Waals surface area contributed by atoms with E-state index in [0.29, 0.717) is 31.5 Å². The Kier molecular flexibility index (Phi) is 4.30. The Balaban J connectivity index is 2.43. The molecule has 0 unspecified atom stereocenters. The summed E-state index contributed by atoms with van der Waals surface area (Å²) in [6.45, 7) is 5.76. The van der Waals surface area contributed by atoms with Crippen LogP contribution in [0.25, 0.3) is 0 Å². The van der Waals surface area contributed by atoms with Gasteiger partial charge in [0, 0.05) is 12.7 Å². The summed E-state index contributed by atoms with van der Waals surface area (Å²) in [5, 5.41) is 3.89. The molecule has 0 amide bonds. The third-order valence-electron chi connectivity index (χ3n) is 1.79. The number of hydrogen-bond acceptors (Lipinski definition) is 4. The van der Waals surface area contributed by atoms with Gasteiger partial charge in [-0.05, 0) is 12.0 Å². The molecule has 1 aromatic rings. The van der Waals surface area contributed by atoms with Gasteiger partial charge in [0.2, 0.25) is 0 Å². The molecule has 0 aliphatic rings. The summed E-state index contributed by atoms with van der Waals surface area (Å²) in [5.41, 5.74) is 5.31. The van der Waals surface area contributed by atoms with Crippen molar-refractivity contribution in [3.05, 3.63) is 22.5 Å². The summed E-state index contributed by atoms with van der Waals surface area (Å²) in [4.78, 5) is 11.3. The molecule has 0 radical (unpaired) electrons. The Morgan fingerprint density at radius 2 is 2.27 bits per heavy atom. The van der Waals surface area contributed by atoms with Crippen LogP contribution in [0.5, 0.6) is 0 Å². The maximum Gasteiger partial charge on any atom is 0.266 e. The zero-order valence-corrected chi connectivity index (χ0v) is 9.14. The fraction of sp³-hybridized carbons (Fsp3) is 0.600. The number of ether oxygens (including phenoxy) is 1. The van der Waals surface area contributed by atoms with Gasteiger partial charge in [0.25, 0.3) is 5.56 Å². The predicted molar refractivity (Wildman–Crippen MR) is 58.6 cm³/mol. The van der Waals surface area contributed by atoms with E-state index in [4.69, 9.17) is 10.5 Å². The highest BCUT2D eigenvalue weighted by molar-refractivity contribution is 5.23. The van der Waals surface area contributed by atoms with Crippen molar-refractivity contribution in [2.75, 3.05) is 18.9 Å². The van der Waals surface area contributed by atoms with Crippen molar-refractivity contribution >= 4 is 5.82 Å². The maximum absolute atomic E-state index is 11.3. The van der Waals surface area contributed by atoms with Crippen molar-refractivity contribution in [2.24, 2.45) is 5.92 Å². The highest BCUT2D eigenvalue weighted by Gasteiger charge is 1.98. The van der Waals surface area contributed by atoms with Gasteiger partial charge in [0.1, 0.15) is 5.82 Å². The summed E-state index contributed by atoms with van der Waals surface area (Å²) < 4.78 is 6.67. The second kappa shape index (κ2) is 5.50. The molecule has 1 aromatic heterocycles. The molecule has 5 heteroatoms. The smallest absolute Gasteiger partial charge is 0.266 e. The van der Waals surface area contributed by atoms with Crippen LogP contribution in [0.4, 0.5) is 5.82 Å². The van der Waals surface area contributed by atoms with Gasteiger partial charge in [-0.25, -0.2) is 4.68 Å². The average molecular weight is 211 g/mol. The normalized spacial score (nSPS) is 10.9. The van der Waals surface area contributed by atoms with E-state index in [0.717, 1.165) is 0 Å². The molecule has 15 heavy (non-hydrogen) atoms. The minimum atomic E-state index is -0.155. The zero-order valence-electron chi connectivity index (χ0n) is 9.14. The lowest BCUT2D eigenvalue weighted by Gasteiger charge is -2.07. The Labute approximate surface area is 88.9 Å². The minimum Gasteiger partial charge on any atom is -0.382 e. The van der Waals surface area contributed by atoms with Crippen LogP contribution in [0, 0.1) is 5.92 Å². The zero-order chi connectivity index (χ0) is 11.3. The topological polar surface area (TPSA) is 70.1 Å². The van der Waals surface area contributed by atoms with Crippen LogP contribution in [-0.2, 0) is 11.3 Å². The van der Waals surface area contributed by atoms with E-state index < -0.39 is 0 Å². The van der Waals surface area contributed by atoms with Gasteiger partial charge in [-0.2, -0.15) is 5.10 Å². The van der Waals surface area contributed by atoms with E-state index in [1.54, 1.807) is 0 Å². The molecule has 1 rings (SSSR count). The van der Waals surface area contributed by atoms with Crippen molar-refractivity contribution in [3.63, 3.8) is 0 Å². The van der Waals surface area contributed by atoms with Gasteiger partial charge in [-0.15, -0.1) is 0 Å². The molecule has 0 aliphatic carbocycles. The first-order valence-corrected chi connectivity index (χ1v) is 5.01. The highest BCUT2D eigenvalue weighted by Crippen LogP contribution is 1.93. The Morgan fingerprint density at radius 1 is 1.53 bits per heavy atom. The van der Waals surface area contributed by atoms with Crippen LogP contribution < -0.4 is 11.3 Å². The Bertz CT molecular complexity index is 360. The average Bonchev–Trinajstić information content (AvgIpc) is 2.17. The van der Waals surface area contributed by atoms with Crippen molar-refractivity contribution < 1.29 is 4.74 Å². The van der Waals surface area contributed by atoms with Gasteiger partial charge in [-0.3, -0.25) is 4.79 Å². The van der Waals surface area contributed by atoms with E-state index in [1.807, 2.05) is 0 Å². The summed E-state index contributed by atoms with van der Waals surface area (Å²) in [7, 11) is 0. The van der Waals surface area contributed by atoms with Gasteiger partial charge < -0.3 is 10.5 Å². The number of nitrogens with zero attached hydrogens (tertiary/aromatic N) is 2. The molecule has 0 aliphatic heterocycles. The molecule has 2 N–H and O–H groups in total. The van der Waals surface area contributed by atoms with E-state index in [2.05, 4.69) is 18.9 Å². The first-order valence-electron chi connectivity index (χ1n) is 5.01. The van der Waals surface area contributed by atoms with Gasteiger partial charge >= 0.3 is 0 Å². The molecule has 1 heterocycles. The highest BCUT2D eigenvalue weighted by atomic mass is 16.5. The van der Waals surface area contributed by atoms with Crippen LogP contribution >= 0.6 is 0 Å². The van der Waals surface area contributed by atoms with Crippen LogP contribution in [0.2, 0.25) is 0 Å². The van der Waals surface area contributed by atoms with Gasteiger partial charge in [0.05, 0.1) is 13.2 Å². The number of rotatable bonds is 5. The number of hydrogen-bond donors (Lipinski definition) is 1. The van der Waals surface area contributed by atoms with E-state index in [9.17, 15) is 4.79 Å². The fourth-order valence-electron chi connectivity index (χ4n) is 1.09. The van der Waals surface area contributed by atoms with Crippen molar-refractivity contribution in [1.29, 1.82) is 0 Å². The summed E-state index contributed by atoms with van der Waals surface area (Å²) in [5.74, 6) is 0.842. The molecule has 0 aromatic carbocycles. The number of nitrogens with two attached hydrogens (primary N) is 1. The molecule has 0 spiro atoms. The minimum absolute atomic E-state index is 0.155. The number of anilines is 1. The lowest BCUT2D eigenvalue weighted by molar-refractivity contribution is 0.100. The molecule has 0 bridgehead atoms. The first kappa shape index (κ1) is 11.7. The van der Waals surface area contributed by atoms with Crippen LogP contribution in [0.15, 0.2) is 16.9 Å². The largest absolute Gasteiger partial charge is 0.382 e. The quantitative estimate of drug-likeness (QED) is 0.720. The molecule has 0 atom stereocenters. The van der Waals surface area contributed by atoms with Gasteiger partial charge in [0.15, 0.2) is 0 Å². The molecule has 5 nitrogen and oxygen atoms in total. The molecular formula is C10H17N3O2. The molecule has 0 saturated carbocycles. The van der Waals surface area contributed by atoms with E-state index >= 15 is 0 Å². The van der Waals surface area contributed by atoms with Crippen LogP contribution in [-0.4, -0.2) is 23.0 Å². The molecule has 0 fully saturated rings. The predicted octanol–water partition coefficient (Wildman–Crippen LogP) is 0.498.